The lowest BCUT2D eigenvalue weighted by Gasteiger charge is -1.99. The van der Waals surface area contributed by atoms with Crippen LogP contribution in [0.4, 0.5) is 5.82 Å². The molecule has 13 heavy (non-hydrogen) atoms. The topological polar surface area (TPSA) is 69.6 Å². The quantitative estimate of drug-likeness (QED) is 0.812. The van der Waals surface area contributed by atoms with E-state index in [0.717, 1.165) is 5.69 Å². The first-order chi connectivity index (χ1) is 6.27. The van der Waals surface area contributed by atoms with Gasteiger partial charge in [0.15, 0.2) is 0 Å². The highest BCUT2D eigenvalue weighted by Crippen LogP contribution is 2.17. The van der Waals surface area contributed by atoms with Crippen LogP contribution in [0.5, 0.6) is 0 Å². The fourth-order valence-electron chi connectivity index (χ4n) is 0.904. The van der Waals surface area contributed by atoms with Gasteiger partial charge in [0.2, 0.25) is 0 Å². The van der Waals surface area contributed by atoms with Crippen molar-refractivity contribution in [1.82, 2.24) is 19.4 Å². The maximum absolute atomic E-state index is 5.73. The minimum atomic E-state index is 0.453. The predicted molar refractivity (Wildman–Crippen MR) is 50.7 cm³/mol. The molecule has 2 rings (SSSR count). The molecule has 0 saturated heterocycles. The molecular formula is C6H6ClN5S. The van der Waals surface area contributed by atoms with Crippen molar-refractivity contribution in [3.05, 3.63) is 22.3 Å². The molecule has 2 aromatic heterocycles. The van der Waals surface area contributed by atoms with Crippen LogP contribution in [0.1, 0.15) is 5.69 Å². The van der Waals surface area contributed by atoms with E-state index in [4.69, 9.17) is 17.3 Å². The minimum Gasteiger partial charge on any atom is -0.383 e. The van der Waals surface area contributed by atoms with E-state index in [1.165, 1.54) is 17.7 Å². The molecule has 0 spiro atoms. The third-order valence-electron chi connectivity index (χ3n) is 1.55. The van der Waals surface area contributed by atoms with E-state index in [1.54, 1.807) is 4.68 Å². The van der Waals surface area contributed by atoms with Gasteiger partial charge in [0.25, 0.3) is 0 Å². The van der Waals surface area contributed by atoms with Gasteiger partial charge in [-0.1, -0.05) is 16.1 Å². The zero-order chi connectivity index (χ0) is 9.26. The van der Waals surface area contributed by atoms with Gasteiger partial charge in [0.05, 0.1) is 18.4 Å². The van der Waals surface area contributed by atoms with Crippen molar-refractivity contribution in [1.29, 1.82) is 0 Å². The number of halogens is 1. The van der Waals surface area contributed by atoms with Gasteiger partial charge in [-0.3, -0.25) is 0 Å². The minimum absolute atomic E-state index is 0.453. The zero-order valence-corrected chi connectivity index (χ0v) is 8.09. The summed E-state index contributed by atoms with van der Waals surface area (Å²) in [6.07, 6.45) is 1.51. The summed E-state index contributed by atoms with van der Waals surface area (Å²) in [7, 11) is 0. The Morgan fingerprint density at radius 1 is 1.62 bits per heavy atom. The summed E-state index contributed by atoms with van der Waals surface area (Å²) in [4.78, 5) is 0. The number of hydrogen-bond donors (Lipinski definition) is 1. The van der Waals surface area contributed by atoms with Gasteiger partial charge in [-0.15, -0.1) is 5.10 Å². The molecule has 0 fully saturated rings. The average Bonchev–Trinajstić information content (AvgIpc) is 2.71. The second-order valence-electron chi connectivity index (χ2n) is 2.43. The van der Waals surface area contributed by atoms with Crippen LogP contribution in [-0.2, 0) is 6.54 Å². The number of nitrogens with two attached hydrogens (primary N) is 1. The van der Waals surface area contributed by atoms with Crippen molar-refractivity contribution >= 4 is 29.0 Å². The fraction of sp³-hybridized carbons (Fsp3) is 0.167. The first kappa shape index (κ1) is 8.46. The molecule has 0 unspecified atom stereocenters. The van der Waals surface area contributed by atoms with E-state index < -0.39 is 0 Å². The fourth-order valence-corrected chi connectivity index (χ4v) is 1.49. The lowest BCUT2D eigenvalue weighted by atomic mass is 10.5. The van der Waals surface area contributed by atoms with E-state index in [9.17, 15) is 0 Å². The van der Waals surface area contributed by atoms with Gasteiger partial charge in [-0.25, -0.2) is 4.68 Å². The molecule has 2 N–H and O–H groups in total. The Labute approximate surface area is 83.3 Å². The van der Waals surface area contributed by atoms with Crippen LogP contribution in [0, 0.1) is 0 Å². The summed E-state index contributed by atoms with van der Waals surface area (Å²) in [5.41, 5.74) is 6.47. The van der Waals surface area contributed by atoms with Gasteiger partial charge in [-0.2, -0.15) is 5.10 Å². The van der Waals surface area contributed by atoms with Gasteiger partial charge >= 0.3 is 0 Å². The molecule has 5 nitrogen and oxygen atoms in total. The predicted octanol–water partition coefficient (Wildman–Crippen LogP) is 1.02. The highest BCUT2D eigenvalue weighted by atomic mass is 35.5. The molecule has 0 aliphatic rings. The number of nitrogen functional groups attached to an aromatic ring is 1. The van der Waals surface area contributed by atoms with Crippen LogP contribution in [0.25, 0.3) is 0 Å². The van der Waals surface area contributed by atoms with Gasteiger partial charge in [-0.05, 0) is 11.5 Å². The molecule has 68 valence electrons. The summed E-state index contributed by atoms with van der Waals surface area (Å²) in [6.45, 7) is 0.509. The average molecular weight is 216 g/mol. The lowest BCUT2D eigenvalue weighted by Crippen LogP contribution is -2.06. The zero-order valence-electron chi connectivity index (χ0n) is 6.51. The molecule has 0 aliphatic heterocycles. The van der Waals surface area contributed by atoms with Gasteiger partial charge in [0, 0.05) is 5.38 Å². The molecule has 7 heteroatoms. The third-order valence-corrected chi connectivity index (χ3v) is 2.39. The van der Waals surface area contributed by atoms with E-state index >= 15 is 0 Å². The molecule has 0 radical (unpaired) electrons. The lowest BCUT2D eigenvalue weighted by molar-refractivity contribution is 0.680. The van der Waals surface area contributed by atoms with E-state index in [1.807, 2.05) is 5.38 Å². The first-order valence-corrected chi connectivity index (χ1v) is 4.71. The van der Waals surface area contributed by atoms with Crippen molar-refractivity contribution in [2.45, 2.75) is 6.54 Å². The van der Waals surface area contributed by atoms with E-state index in [0.29, 0.717) is 17.4 Å². The van der Waals surface area contributed by atoms with Crippen LogP contribution < -0.4 is 5.73 Å². The Kier molecular flexibility index (Phi) is 2.15. The summed E-state index contributed by atoms with van der Waals surface area (Å²) >= 11 is 7.02. The van der Waals surface area contributed by atoms with Gasteiger partial charge in [0.1, 0.15) is 10.8 Å². The Morgan fingerprint density at radius 3 is 3.00 bits per heavy atom. The van der Waals surface area contributed by atoms with Gasteiger partial charge < -0.3 is 5.73 Å². The number of aromatic nitrogens is 4. The second kappa shape index (κ2) is 3.31. The van der Waals surface area contributed by atoms with E-state index in [-0.39, 0.29) is 0 Å². The third kappa shape index (κ3) is 1.63. The first-order valence-electron chi connectivity index (χ1n) is 3.50. The Hall–Kier alpha value is -1.14. The Morgan fingerprint density at radius 2 is 2.46 bits per heavy atom. The number of nitrogens with zero attached hydrogens (tertiary/aromatic N) is 4. The monoisotopic (exact) mass is 215 g/mol. The molecule has 0 aliphatic carbocycles. The molecular weight excluding hydrogens is 210 g/mol. The van der Waals surface area contributed by atoms with Crippen molar-refractivity contribution in [2.75, 3.05) is 5.73 Å². The second-order valence-corrected chi connectivity index (χ2v) is 3.45. The van der Waals surface area contributed by atoms with Crippen LogP contribution >= 0.6 is 23.1 Å². The van der Waals surface area contributed by atoms with Crippen molar-refractivity contribution in [3.8, 4) is 0 Å². The van der Waals surface area contributed by atoms with Crippen LogP contribution in [-0.4, -0.2) is 19.4 Å². The van der Waals surface area contributed by atoms with E-state index in [2.05, 4.69) is 14.7 Å². The maximum atomic E-state index is 5.73. The standard InChI is InChI=1S/C6H6ClN5S/c7-5-1-9-12(6(5)8)2-4-3-13-11-10-4/h1,3H,2,8H2. The van der Waals surface area contributed by atoms with Crippen molar-refractivity contribution in [2.24, 2.45) is 0 Å². The smallest absolute Gasteiger partial charge is 0.141 e. The molecule has 0 bridgehead atoms. The van der Waals surface area contributed by atoms with Crippen LogP contribution in [0.2, 0.25) is 5.02 Å². The number of rotatable bonds is 2. The highest BCUT2D eigenvalue weighted by Gasteiger charge is 2.06. The highest BCUT2D eigenvalue weighted by molar-refractivity contribution is 7.03. The summed E-state index contributed by atoms with van der Waals surface area (Å²) < 4.78 is 5.31. The largest absolute Gasteiger partial charge is 0.383 e. The summed E-state index contributed by atoms with van der Waals surface area (Å²) in [5.74, 6) is 0.453. The molecule has 0 aromatic carbocycles. The SMILES string of the molecule is Nc1c(Cl)cnn1Cc1csnn1. The molecule has 2 aromatic rings. The van der Waals surface area contributed by atoms with Crippen molar-refractivity contribution in [3.63, 3.8) is 0 Å². The van der Waals surface area contributed by atoms with Crippen molar-refractivity contribution < 1.29 is 0 Å². The molecule has 0 amide bonds. The Balaban J connectivity index is 2.24. The normalized spacial score (nSPS) is 10.5. The summed E-state index contributed by atoms with van der Waals surface area (Å²) in [6, 6.07) is 0. The molecule has 0 saturated carbocycles. The maximum Gasteiger partial charge on any atom is 0.141 e. The Bertz CT molecular complexity index is 395. The summed E-state index contributed by atoms with van der Waals surface area (Å²) in [5, 5.41) is 10.2. The van der Waals surface area contributed by atoms with Crippen LogP contribution in [0.3, 0.4) is 0 Å². The molecule has 0 atom stereocenters. The number of anilines is 1. The van der Waals surface area contributed by atoms with Crippen LogP contribution in [0.15, 0.2) is 11.6 Å². The molecule has 2 heterocycles. The number of hydrogen-bond acceptors (Lipinski definition) is 5.